The Kier molecular flexibility index (Phi) is 5.07. The fraction of sp³-hybridized carbons (Fsp3) is 0.375. The van der Waals surface area contributed by atoms with Crippen molar-refractivity contribution in [2.45, 2.75) is 19.8 Å². The number of amides is 1. The lowest BCUT2D eigenvalue weighted by atomic mass is 10.0. The maximum absolute atomic E-state index is 12.3. The van der Waals surface area contributed by atoms with Gasteiger partial charge in [-0.25, -0.2) is 0 Å². The molecule has 3 N–H and O–H groups in total. The maximum Gasteiger partial charge on any atom is 0.270 e. The van der Waals surface area contributed by atoms with Crippen LogP contribution in [0.1, 0.15) is 30.3 Å². The summed E-state index contributed by atoms with van der Waals surface area (Å²) < 4.78 is 0. The predicted octanol–water partition coefficient (Wildman–Crippen LogP) is 2.34. The smallest absolute Gasteiger partial charge is 0.270 e. The van der Waals surface area contributed by atoms with Gasteiger partial charge in [-0.05, 0) is 30.3 Å². The molecular weight excluding hydrogens is 250 g/mol. The van der Waals surface area contributed by atoms with E-state index >= 15 is 0 Å². The van der Waals surface area contributed by atoms with Crippen molar-refractivity contribution >= 4 is 16.7 Å². The Morgan fingerprint density at radius 2 is 2.15 bits per heavy atom. The monoisotopic (exact) mass is 271 g/mol. The van der Waals surface area contributed by atoms with Gasteiger partial charge >= 0.3 is 0 Å². The second-order valence-corrected chi connectivity index (χ2v) is 4.94. The van der Waals surface area contributed by atoms with E-state index in [1.807, 2.05) is 30.3 Å². The summed E-state index contributed by atoms with van der Waals surface area (Å²) in [4.78, 5) is 16.5. The summed E-state index contributed by atoms with van der Waals surface area (Å²) in [6.45, 7) is 3.42. The van der Waals surface area contributed by atoms with Crippen LogP contribution >= 0.6 is 0 Å². The van der Waals surface area contributed by atoms with E-state index in [0.717, 1.165) is 23.6 Å². The van der Waals surface area contributed by atoms with Crippen molar-refractivity contribution < 1.29 is 4.79 Å². The summed E-state index contributed by atoms with van der Waals surface area (Å²) in [5.74, 6) is 0.316. The van der Waals surface area contributed by atoms with E-state index in [1.54, 1.807) is 6.20 Å². The Morgan fingerprint density at radius 1 is 1.35 bits per heavy atom. The molecule has 20 heavy (non-hydrogen) atoms. The first-order valence-electron chi connectivity index (χ1n) is 7.08. The number of hydrogen-bond donors (Lipinski definition) is 2. The molecule has 1 amide bonds. The summed E-state index contributed by atoms with van der Waals surface area (Å²) in [6, 6.07) is 9.70. The van der Waals surface area contributed by atoms with Crippen LogP contribution in [0.3, 0.4) is 0 Å². The molecule has 4 heteroatoms. The van der Waals surface area contributed by atoms with E-state index in [-0.39, 0.29) is 5.91 Å². The van der Waals surface area contributed by atoms with Gasteiger partial charge < -0.3 is 11.1 Å². The van der Waals surface area contributed by atoms with Crippen molar-refractivity contribution in [1.29, 1.82) is 0 Å². The van der Waals surface area contributed by atoms with Gasteiger partial charge in [-0.15, -0.1) is 0 Å². The number of carbonyl (C=O) groups excluding carboxylic acids is 1. The number of pyridine rings is 1. The lowest BCUT2D eigenvalue weighted by molar-refractivity contribution is 0.0943. The second-order valence-electron chi connectivity index (χ2n) is 4.94. The van der Waals surface area contributed by atoms with Crippen LogP contribution in [0.4, 0.5) is 0 Å². The van der Waals surface area contributed by atoms with Gasteiger partial charge in [0.05, 0.1) is 0 Å². The first-order chi connectivity index (χ1) is 9.76. The highest BCUT2D eigenvalue weighted by Gasteiger charge is 2.13. The topological polar surface area (TPSA) is 68.0 Å². The summed E-state index contributed by atoms with van der Waals surface area (Å²) in [7, 11) is 0. The van der Waals surface area contributed by atoms with Gasteiger partial charge in [0.25, 0.3) is 5.91 Å². The zero-order valence-corrected chi connectivity index (χ0v) is 11.8. The van der Waals surface area contributed by atoms with Crippen molar-refractivity contribution in [3.8, 4) is 0 Å². The van der Waals surface area contributed by atoms with Gasteiger partial charge in [0, 0.05) is 18.1 Å². The van der Waals surface area contributed by atoms with Crippen LogP contribution in [0, 0.1) is 5.92 Å². The predicted molar refractivity (Wildman–Crippen MR) is 81.5 cm³/mol. The van der Waals surface area contributed by atoms with Gasteiger partial charge in [0.15, 0.2) is 0 Å². The van der Waals surface area contributed by atoms with Crippen molar-refractivity contribution in [3.05, 3.63) is 42.2 Å². The Bertz CT molecular complexity index is 577. The quantitative estimate of drug-likeness (QED) is 0.847. The van der Waals surface area contributed by atoms with Crippen molar-refractivity contribution in [2.75, 3.05) is 13.1 Å². The molecule has 2 aromatic rings. The molecule has 0 aliphatic carbocycles. The zero-order valence-electron chi connectivity index (χ0n) is 11.8. The highest BCUT2D eigenvalue weighted by Crippen LogP contribution is 2.16. The molecule has 2 rings (SSSR count). The molecule has 1 aromatic heterocycles. The summed E-state index contributed by atoms with van der Waals surface area (Å²) >= 11 is 0. The van der Waals surface area contributed by atoms with Crippen LogP contribution in [0.25, 0.3) is 10.8 Å². The standard InChI is InChI=1S/C16H21N3O/c1-2-12(7-9-17)11-19-16(20)15-14-6-4-3-5-13(14)8-10-18-15/h3-6,8,10,12H,2,7,9,11,17H2,1H3,(H,19,20). The molecule has 106 valence electrons. The molecule has 0 radical (unpaired) electrons. The SMILES string of the molecule is CCC(CCN)CNC(=O)c1nccc2ccccc12. The van der Waals surface area contributed by atoms with Gasteiger partial charge in [-0.1, -0.05) is 37.6 Å². The van der Waals surface area contributed by atoms with Crippen LogP contribution in [-0.4, -0.2) is 24.0 Å². The lowest BCUT2D eigenvalue weighted by Gasteiger charge is -2.14. The highest BCUT2D eigenvalue weighted by atomic mass is 16.1. The van der Waals surface area contributed by atoms with Crippen LogP contribution in [0.15, 0.2) is 36.5 Å². The number of nitrogens with one attached hydrogen (secondary N) is 1. The van der Waals surface area contributed by atoms with Crippen molar-refractivity contribution in [2.24, 2.45) is 11.7 Å². The second kappa shape index (κ2) is 7.01. The van der Waals surface area contributed by atoms with E-state index in [2.05, 4.69) is 17.2 Å². The molecule has 1 heterocycles. The van der Waals surface area contributed by atoms with E-state index in [0.29, 0.717) is 24.7 Å². The fourth-order valence-corrected chi connectivity index (χ4v) is 2.31. The third kappa shape index (κ3) is 3.33. The molecular formula is C16H21N3O. The van der Waals surface area contributed by atoms with E-state index in [9.17, 15) is 4.79 Å². The largest absolute Gasteiger partial charge is 0.350 e. The minimum Gasteiger partial charge on any atom is -0.350 e. The normalized spacial score (nSPS) is 12.3. The van der Waals surface area contributed by atoms with E-state index < -0.39 is 0 Å². The average Bonchev–Trinajstić information content (AvgIpc) is 2.50. The van der Waals surface area contributed by atoms with Gasteiger partial charge in [-0.3, -0.25) is 9.78 Å². The average molecular weight is 271 g/mol. The van der Waals surface area contributed by atoms with Crippen LogP contribution in [0.5, 0.6) is 0 Å². The number of nitrogens with zero attached hydrogens (tertiary/aromatic N) is 1. The minimum absolute atomic E-state index is 0.114. The minimum atomic E-state index is -0.114. The first kappa shape index (κ1) is 14.5. The molecule has 0 saturated heterocycles. The van der Waals surface area contributed by atoms with Gasteiger partial charge in [-0.2, -0.15) is 0 Å². The first-order valence-corrected chi connectivity index (χ1v) is 7.08. The Balaban J connectivity index is 2.11. The third-order valence-corrected chi connectivity index (χ3v) is 3.59. The number of carbonyl (C=O) groups is 1. The lowest BCUT2D eigenvalue weighted by Crippen LogP contribution is -2.30. The van der Waals surface area contributed by atoms with Gasteiger partial charge in [0.1, 0.15) is 5.69 Å². The van der Waals surface area contributed by atoms with Crippen molar-refractivity contribution in [1.82, 2.24) is 10.3 Å². The van der Waals surface area contributed by atoms with Crippen LogP contribution in [0.2, 0.25) is 0 Å². The molecule has 0 bridgehead atoms. The fourth-order valence-electron chi connectivity index (χ4n) is 2.31. The number of rotatable bonds is 6. The highest BCUT2D eigenvalue weighted by molar-refractivity contribution is 6.05. The molecule has 0 saturated carbocycles. The number of aromatic nitrogens is 1. The molecule has 1 unspecified atom stereocenters. The van der Waals surface area contributed by atoms with Crippen molar-refractivity contribution in [3.63, 3.8) is 0 Å². The molecule has 4 nitrogen and oxygen atoms in total. The third-order valence-electron chi connectivity index (χ3n) is 3.59. The number of benzene rings is 1. The maximum atomic E-state index is 12.3. The summed E-state index contributed by atoms with van der Waals surface area (Å²) in [5, 5.41) is 4.89. The van der Waals surface area contributed by atoms with Crippen LogP contribution in [-0.2, 0) is 0 Å². The Labute approximate surface area is 119 Å². The van der Waals surface area contributed by atoms with Gasteiger partial charge in [0.2, 0.25) is 0 Å². The molecule has 0 aliphatic heterocycles. The molecule has 1 atom stereocenters. The molecule has 0 aliphatic rings. The number of hydrogen-bond acceptors (Lipinski definition) is 3. The molecule has 1 aromatic carbocycles. The summed E-state index contributed by atoms with van der Waals surface area (Å²) in [5.41, 5.74) is 6.06. The molecule has 0 spiro atoms. The van der Waals surface area contributed by atoms with E-state index in [4.69, 9.17) is 5.73 Å². The van der Waals surface area contributed by atoms with Crippen LogP contribution < -0.4 is 11.1 Å². The summed E-state index contributed by atoms with van der Waals surface area (Å²) in [6.07, 6.45) is 3.62. The Hall–Kier alpha value is -1.94. The van der Waals surface area contributed by atoms with E-state index in [1.165, 1.54) is 0 Å². The molecule has 0 fully saturated rings. The number of nitrogens with two attached hydrogens (primary N) is 1. The Morgan fingerprint density at radius 3 is 2.90 bits per heavy atom. The zero-order chi connectivity index (χ0) is 14.4. The number of fused-ring (bicyclic) bond motifs is 1.